The van der Waals surface area contributed by atoms with Gasteiger partial charge in [0.1, 0.15) is 0 Å². The van der Waals surface area contributed by atoms with Crippen molar-refractivity contribution in [3.63, 3.8) is 0 Å². The van der Waals surface area contributed by atoms with Crippen LogP contribution in [0.2, 0.25) is 0 Å². The Balaban J connectivity index is 1.84. The number of aliphatic hydroxyl groups is 1. The van der Waals surface area contributed by atoms with Gasteiger partial charge in [0.2, 0.25) is 0 Å². The second kappa shape index (κ2) is 8.16. The largest absolute Gasteiger partial charge is 0.396 e. The van der Waals surface area contributed by atoms with Gasteiger partial charge in [0.05, 0.1) is 6.10 Å². The normalized spacial score (nSPS) is 39.2. The van der Waals surface area contributed by atoms with Crippen LogP contribution in [0.25, 0.3) is 0 Å². The van der Waals surface area contributed by atoms with Gasteiger partial charge in [-0.05, 0) is 69.7 Å². The maximum absolute atomic E-state index is 9.54. The third-order valence-electron chi connectivity index (χ3n) is 5.38. The summed E-state index contributed by atoms with van der Waals surface area (Å²) < 4.78 is 5.51. The van der Waals surface area contributed by atoms with E-state index in [0.29, 0.717) is 24.5 Å². The lowest BCUT2D eigenvalue weighted by Gasteiger charge is -2.33. The molecular formula is C17H31NO2. The molecule has 3 unspecified atom stereocenters. The molecule has 0 aromatic rings. The smallest absolute Gasteiger partial charge is 0.0577 e. The number of allylic oxidation sites excluding steroid dienone is 2. The van der Waals surface area contributed by atoms with E-state index in [1.807, 2.05) is 7.11 Å². The summed E-state index contributed by atoms with van der Waals surface area (Å²) in [5, 5.41) is 12.9. The molecule has 0 aromatic heterocycles. The predicted molar refractivity (Wildman–Crippen MR) is 82.7 cm³/mol. The molecule has 0 radical (unpaired) electrons. The van der Waals surface area contributed by atoms with Crippen molar-refractivity contribution in [1.82, 2.24) is 5.32 Å². The Kier molecular flexibility index (Phi) is 6.53. The maximum Gasteiger partial charge on any atom is 0.0577 e. The van der Waals surface area contributed by atoms with E-state index in [1.165, 1.54) is 25.7 Å². The highest BCUT2D eigenvalue weighted by molar-refractivity contribution is 4.99. The van der Waals surface area contributed by atoms with E-state index in [1.54, 1.807) is 0 Å². The number of hydrogen-bond acceptors (Lipinski definition) is 3. The fourth-order valence-electron chi connectivity index (χ4n) is 3.80. The van der Waals surface area contributed by atoms with Gasteiger partial charge in [-0.1, -0.05) is 12.2 Å². The molecule has 2 aliphatic rings. The number of methoxy groups -OCH3 is 1. The van der Waals surface area contributed by atoms with E-state index in [0.717, 1.165) is 31.2 Å². The van der Waals surface area contributed by atoms with Crippen LogP contribution in [-0.2, 0) is 4.74 Å². The minimum absolute atomic E-state index is 0.317. The van der Waals surface area contributed by atoms with Crippen LogP contribution in [0.15, 0.2) is 12.2 Å². The van der Waals surface area contributed by atoms with Crippen LogP contribution >= 0.6 is 0 Å². The lowest BCUT2D eigenvalue weighted by molar-refractivity contribution is 0.0262. The van der Waals surface area contributed by atoms with E-state index in [2.05, 4.69) is 24.5 Å². The van der Waals surface area contributed by atoms with Gasteiger partial charge < -0.3 is 15.2 Å². The third kappa shape index (κ3) is 4.31. The van der Waals surface area contributed by atoms with Crippen molar-refractivity contribution < 1.29 is 9.84 Å². The van der Waals surface area contributed by atoms with Gasteiger partial charge in [0, 0.05) is 19.8 Å². The molecule has 3 heteroatoms. The topological polar surface area (TPSA) is 41.5 Å². The first kappa shape index (κ1) is 16.0. The maximum atomic E-state index is 9.54. The lowest BCUT2D eigenvalue weighted by Crippen LogP contribution is -2.31. The second-order valence-electron chi connectivity index (χ2n) is 6.56. The molecule has 20 heavy (non-hydrogen) atoms. The number of aliphatic hydroxyl groups excluding tert-OH is 1. The number of hydrogen-bond donors (Lipinski definition) is 2. The SMILES string of the molecule is CNC1CCC(C=CC2CC(OC)CCC2CO)CC1. The quantitative estimate of drug-likeness (QED) is 0.761. The van der Waals surface area contributed by atoms with Crippen molar-refractivity contribution >= 4 is 0 Å². The molecule has 0 spiro atoms. The Labute approximate surface area is 123 Å². The van der Waals surface area contributed by atoms with Crippen molar-refractivity contribution in [3.05, 3.63) is 12.2 Å². The van der Waals surface area contributed by atoms with Gasteiger partial charge in [0.15, 0.2) is 0 Å². The zero-order valence-corrected chi connectivity index (χ0v) is 13.1. The molecule has 2 aliphatic carbocycles. The molecule has 2 rings (SSSR count). The van der Waals surface area contributed by atoms with Gasteiger partial charge >= 0.3 is 0 Å². The minimum atomic E-state index is 0.317. The summed E-state index contributed by atoms with van der Waals surface area (Å²) >= 11 is 0. The molecule has 0 bridgehead atoms. The van der Waals surface area contributed by atoms with Crippen LogP contribution in [-0.4, -0.2) is 38.0 Å². The van der Waals surface area contributed by atoms with E-state index in [-0.39, 0.29) is 0 Å². The summed E-state index contributed by atoms with van der Waals surface area (Å²) in [6.45, 7) is 0.317. The molecule has 2 fully saturated rings. The molecule has 3 atom stereocenters. The molecule has 0 aromatic carbocycles. The molecule has 3 nitrogen and oxygen atoms in total. The first-order valence-electron chi connectivity index (χ1n) is 8.26. The average molecular weight is 281 g/mol. The monoisotopic (exact) mass is 281 g/mol. The van der Waals surface area contributed by atoms with Crippen molar-refractivity contribution in [3.8, 4) is 0 Å². The lowest BCUT2D eigenvalue weighted by atomic mass is 9.77. The minimum Gasteiger partial charge on any atom is -0.396 e. The second-order valence-corrected chi connectivity index (χ2v) is 6.56. The van der Waals surface area contributed by atoms with Gasteiger partial charge in [-0.25, -0.2) is 0 Å². The molecule has 0 amide bonds. The zero-order valence-electron chi connectivity index (χ0n) is 13.1. The number of nitrogens with one attached hydrogen (secondary N) is 1. The standard InChI is InChI=1S/C17H31NO2/c1-18-16-8-4-13(5-9-16)3-6-14-11-17(20-2)10-7-15(14)12-19/h3,6,13-19H,4-5,7-12H2,1-2H3. The summed E-state index contributed by atoms with van der Waals surface area (Å²) in [6.07, 6.45) is 13.6. The molecule has 116 valence electrons. The van der Waals surface area contributed by atoms with Crippen LogP contribution in [0, 0.1) is 17.8 Å². The fourth-order valence-corrected chi connectivity index (χ4v) is 3.80. The van der Waals surface area contributed by atoms with Crippen molar-refractivity contribution in [2.24, 2.45) is 17.8 Å². The van der Waals surface area contributed by atoms with Crippen molar-refractivity contribution in [2.75, 3.05) is 20.8 Å². The molecule has 0 heterocycles. The first-order chi connectivity index (χ1) is 9.76. The van der Waals surface area contributed by atoms with Gasteiger partial charge in [-0.15, -0.1) is 0 Å². The summed E-state index contributed by atoms with van der Waals surface area (Å²) in [4.78, 5) is 0. The Morgan fingerprint density at radius 3 is 2.45 bits per heavy atom. The molecule has 2 saturated carbocycles. The van der Waals surface area contributed by atoms with Crippen LogP contribution < -0.4 is 5.32 Å². The van der Waals surface area contributed by atoms with Gasteiger partial charge in [-0.3, -0.25) is 0 Å². The summed E-state index contributed by atoms with van der Waals surface area (Å²) in [7, 11) is 3.88. The van der Waals surface area contributed by atoms with E-state index < -0.39 is 0 Å². The molecular weight excluding hydrogens is 250 g/mol. The average Bonchev–Trinajstić information content (AvgIpc) is 2.53. The zero-order chi connectivity index (χ0) is 14.4. The predicted octanol–water partition coefficient (Wildman–Crippen LogP) is 2.74. The van der Waals surface area contributed by atoms with E-state index in [4.69, 9.17) is 4.74 Å². The van der Waals surface area contributed by atoms with Crippen LogP contribution in [0.5, 0.6) is 0 Å². The Bertz CT molecular complexity index is 297. The Morgan fingerprint density at radius 2 is 1.85 bits per heavy atom. The number of rotatable bonds is 5. The van der Waals surface area contributed by atoms with Crippen LogP contribution in [0.4, 0.5) is 0 Å². The molecule has 0 saturated heterocycles. The highest BCUT2D eigenvalue weighted by atomic mass is 16.5. The van der Waals surface area contributed by atoms with Crippen molar-refractivity contribution in [2.45, 2.75) is 57.1 Å². The van der Waals surface area contributed by atoms with Crippen LogP contribution in [0.1, 0.15) is 44.9 Å². The van der Waals surface area contributed by atoms with Crippen molar-refractivity contribution in [1.29, 1.82) is 0 Å². The van der Waals surface area contributed by atoms with E-state index in [9.17, 15) is 5.11 Å². The third-order valence-corrected chi connectivity index (χ3v) is 5.38. The summed E-state index contributed by atoms with van der Waals surface area (Å²) in [6, 6.07) is 0.720. The summed E-state index contributed by atoms with van der Waals surface area (Å²) in [5.74, 6) is 1.67. The summed E-state index contributed by atoms with van der Waals surface area (Å²) in [5.41, 5.74) is 0. The van der Waals surface area contributed by atoms with Gasteiger partial charge in [-0.2, -0.15) is 0 Å². The van der Waals surface area contributed by atoms with Crippen LogP contribution in [0.3, 0.4) is 0 Å². The first-order valence-corrected chi connectivity index (χ1v) is 8.26. The molecule has 2 N–H and O–H groups in total. The molecule has 0 aliphatic heterocycles. The van der Waals surface area contributed by atoms with E-state index >= 15 is 0 Å². The van der Waals surface area contributed by atoms with Gasteiger partial charge in [0.25, 0.3) is 0 Å². The fraction of sp³-hybridized carbons (Fsp3) is 0.882. The highest BCUT2D eigenvalue weighted by Gasteiger charge is 2.28. The highest BCUT2D eigenvalue weighted by Crippen LogP contribution is 2.33. The Morgan fingerprint density at radius 1 is 1.10 bits per heavy atom. The number of ether oxygens (including phenoxy) is 1. The Hall–Kier alpha value is -0.380.